The first-order valence-electron chi connectivity index (χ1n) is 6.16. The fourth-order valence-corrected chi connectivity index (χ4v) is 1.80. The molecule has 0 amide bonds. The van der Waals surface area contributed by atoms with Crippen molar-refractivity contribution < 1.29 is 8.78 Å². The van der Waals surface area contributed by atoms with Crippen LogP contribution in [-0.4, -0.2) is 19.6 Å². The molecule has 0 bridgehead atoms. The van der Waals surface area contributed by atoms with E-state index in [1.807, 2.05) is 24.7 Å². The summed E-state index contributed by atoms with van der Waals surface area (Å²) in [5, 5.41) is 11.3. The Morgan fingerprint density at radius 2 is 2.11 bits per heavy atom. The van der Waals surface area contributed by atoms with Gasteiger partial charge in [0.2, 0.25) is 0 Å². The van der Waals surface area contributed by atoms with Crippen molar-refractivity contribution in [3.05, 3.63) is 35.4 Å². The summed E-state index contributed by atoms with van der Waals surface area (Å²) in [5.74, 6) is 0. The summed E-state index contributed by atoms with van der Waals surface area (Å²) in [7, 11) is 0. The van der Waals surface area contributed by atoms with Gasteiger partial charge in [0.05, 0.1) is 11.4 Å². The lowest BCUT2D eigenvalue weighted by Crippen LogP contribution is -2.14. The van der Waals surface area contributed by atoms with Crippen LogP contribution in [0.15, 0.2) is 18.5 Å². The van der Waals surface area contributed by atoms with Crippen LogP contribution in [0.1, 0.15) is 30.4 Å². The highest BCUT2D eigenvalue weighted by Crippen LogP contribution is 2.09. The molecule has 0 aliphatic carbocycles. The van der Waals surface area contributed by atoms with E-state index in [1.165, 1.54) is 6.20 Å². The van der Waals surface area contributed by atoms with Gasteiger partial charge in [-0.1, -0.05) is 0 Å². The number of alkyl halides is 2. The summed E-state index contributed by atoms with van der Waals surface area (Å²) < 4.78 is 27.2. The average molecular weight is 269 g/mol. The largest absolute Gasteiger partial charge is 0.333 e. The predicted molar refractivity (Wildman–Crippen MR) is 66.7 cm³/mol. The first kappa shape index (κ1) is 13.7. The number of nitrogens with zero attached hydrogens (tertiary/aromatic N) is 4. The minimum absolute atomic E-state index is 0.455. The Labute approximate surface area is 110 Å². The van der Waals surface area contributed by atoms with Gasteiger partial charge in [0.25, 0.3) is 0 Å². The van der Waals surface area contributed by atoms with Gasteiger partial charge in [-0.3, -0.25) is 4.68 Å². The molecule has 1 N–H and O–H groups in total. The Bertz CT molecular complexity index is 532. The summed E-state index contributed by atoms with van der Waals surface area (Å²) in [4.78, 5) is 0. The lowest BCUT2D eigenvalue weighted by Gasteiger charge is -2.01. The van der Waals surface area contributed by atoms with E-state index in [0.29, 0.717) is 23.5 Å². The van der Waals surface area contributed by atoms with Crippen LogP contribution in [0.2, 0.25) is 0 Å². The first-order chi connectivity index (χ1) is 9.10. The molecular formula is C12H17F2N5. The molecule has 104 valence electrons. The molecule has 0 saturated heterocycles. The second-order valence-electron chi connectivity index (χ2n) is 4.26. The number of aryl methyl sites for hydroxylation is 2. The van der Waals surface area contributed by atoms with Crippen LogP contribution in [-0.2, 0) is 19.6 Å². The molecule has 2 rings (SSSR count). The van der Waals surface area contributed by atoms with E-state index in [-0.39, 0.29) is 0 Å². The maximum absolute atomic E-state index is 12.3. The summed E-state index contributed by atoms with van der Waals surface area (Å²) in [6.45, 7) is 3.33. The zero-order valence-electron chi connectivity index (χ0n) is 11.0. The maximum atomic E-state index is 12.3. The van der Waals surface area contributed by atoms with Gasteiger partial charge in [0.1, 0.15) is 0 Å². The molecule has 0 radical (unpaired) electrons. The van der Waals surface area contributed by atoms with Crippen LogP contribution < -0.4 is 5.32 Å². The van der Waals surface area contributed by atoms with Gasteiger partial charge in [-0.2, -0.15) is 19.0 Å². The Morgan fingerprint density at radius 1 is 1.32 bits per heavy atom. The molecule has 0 saturated carbocycles. The zero-order chi connectivity index (χ0) is 13.8. The number of rotatable bonds is 6. The third kappa shape index (κ3) is 3.37. The van der Waals surface area contributed by atoms with Crippen LogP contribution in [0.25, 0.3) is 0 Å². The van der Waals surface area contributed by atoms with Gasteiger partial charge in [-0.25, -0.2) is 4.68 Å². The highest BCUT2D eigenvalue weighted by atomic mass is 19.3. The van der Waals surface area contributed by atoms with Crippen LogP contribution in [0.3, 0.4) is 0 Å². The molecule has 0 unspecified atom stereocenters. The van der Waals surface area contributed by atoms with Crippen molar-refractivity contribution in [3.63, 3.8) is 0 Å². The summed E-state index contributed by atoms with van der Waals surface area (Å²) >= 11 is 0. The highest BCUT2D eigenvalue weighted by Gasteiger charge is 2.08. The van der Waals surface area contributed by atoms with E-state index in [2.05, 4.69) is 15.5 Å². The normalized spacial score (nSPS) is 11.4. The van der Waals surface area contributed by atoms with Crippen molar-refractivity contribution in [2.45, 2.75) is 40.0 Å². The molecule has 7 heteroatoms. The van der Waals surface area contributed by atoms with Gasteiger partial charge in [-0.05, 0) is 19.9 Å². The van der Waals surface area contributed by atoms with Gasteiger partial charge in [0, 0.05) is 37.6 Å². The second kappa shape index (κ2) is 5.92. The van der Waals surface area contributed by atoms with Crippen molar-refractivity contribution in [1.29, 1.82) is 0 Å². The summed E-state index contributed by atoms with van der Waals surface area (Å²) in [6, 6.07) is 1.58. The van der Waals surface area contributed by atoms with E-state index in [1.54, 1.807) is 6.07 Å². The number of hydrogen-bond donors (Lipinski definition) is 1. The Balaban J connectivity index is 1.87. The molecule has 0 spiro atoms. The van der Waals surface area contributed by atoms with Crippen molar-refractivity contribution in [2.24, 2.45) is 0 Å². The molecule has 19 heavy (non-hydrogen) atoms. The Hall–Kier alpha value is -1.76. The number of halogens is 2. The Kier molecular flexibility index (Phi) is 4.26. The number of hydrogen-bond acceptors (Lipinski definition) is 3. The lowest BCUT2D eigenvalue weighted by atomic mass is 10.2. The van der Waals surface area contributed by atoms with Gasteiger partial charge in [0.15, 0.2) is 0 Å². The zero-order valence-corrected chi connectivity index (χ0v) is 11.0. The average Bonchev–Trinajstić information content (AvgIpc) is 2.97. The standard InChI is InChI=1S/C12H17F2N5/c1-3-18-8-10(9(2)16-18)6-15-7-11-4-5-19(17-11)12(13)14/h4-5,8,12,15H,3,6-7H2,1-2H3. The summed E-state index contributed by atoms with van der Waals surface area (Å²) in [6.07, 6.45) is 3.27. The molecule has 0 aliphatic heterocycles. The quantitative estimate of drug-likeness (QED) is 0.873. The van der Waals surface area contributed by atoms with Crippen molar-refractivity contribution in [3.8, 4) is 0 Å². The highest BCUT2D eigenvalue weighted by molar-refractivity contribution is 5.15. The van der Waals surface area contributed by atoms with Crippen LogP contribution in [0.4, 0.5) is 8.78 Å². The smallest absolute Gasteiger partial charge is 0.307 e. The molecular weight excluding hydrogens is 252 g/mol. The molecule has 2 heterocycles. The van der Waals surface area contributed by atoms with E-state index in [9.17, 15) is 8.78 Å². The second-order valence-corrected chi connectivity index (χ2v) is 4.26. The van der Waals surface area contributed by atoms with E-state index in [4.69, 9.17) is 0 Å². The molecule has 2 aromatic rings. The molecule has 2 aromatic heterocycles. The number of nitrogens with one attached hydrogen (secondary N) is 1. The van der Waals surface area contributed by atoms with Crippen LogP contribution in [0.5, 0.6) is 0 Å². The van der Waals surface area contributed by atoms with Gasteiger partial charge < -0.3 is 5.32 Å². The van der Waals surface area contributed by atoms with Crippen molar-refractivity contribution in [2.75, 3.05) is 0 Å². The molecule has 0 fully saturated rings. The number of aromatic nitrogens is 4. The fraction of sp³-hybridized carbons (Fsp3) is 0.500. The minimum atomic E-state index is -2.58. The fourth-order valence-electron chi connectivity index (χ4n) is 1.80. The van der Waals surface area contributed by atoms with Crippen LogP contribution >= 0.6 is 0 Å². The molecule has 0 atom stereocenters. The van der Waals surface area contributed by atoms with E-state index >= 15 is 0 Å². The van der Waals surface area contributed by atoms with Gasteiger partial charge >= 0.3 is 6.55 Å². The molecule has 0 aliphatic rings. The Morgan fingerprint density at radius 3 is 2.68 bits per heavy atom. The van der Waals surface area contributed by atoms with Crippen molar-refractivity contribution in [1.82, 2.24) is 24.9 Å². The van der Waals surface area contributed by atoms with E-state index < -0.39 is 6.55 Å². The molecule has 5 nitrogen and oxygen atoms in total. The molecule has 0 aromatic carbocycles. The van der Waals surface area contributed by atoms with Crippen molar-refractivity contribution >= 4 is 0 Å². The predicted octanol–water partition coefficient (Wildman–Crippen LogP) is 2.09. The maximum Gasteiger partial charge on any atom is 0.333 e. The monoisotopic (exact) mass is 269 g/mol. The summed E-state index contributed by atoms with van der Waals surface area (Å²) in [5.41, 5.74) is 2.68. The van der Waals surface area contributed by atoms with Gasteiger partial charge in [-0.15, -0.1) is 0 Å². The lowest BCUT2D eigenvalue weighted by molar-refractivity contribution is 0.0561. The third-order valence-electron chi connectivity index (χ3n) is 2.86. The van der Waals surface area contributed by atoms with E-state index in [0.717, 1.165) is 17.8 Å². The third-order valence-corrected chi connectivity index (χ3v) is 2.86. The van der Waals surface area contributed by atoms with Crippen LogP contribution in [0, 0.1) is 6.92 Å². The minimum Gasteiger partial charge on any atom is -0.307 e. The topological polar surface area (TPSA) is 47.7 Å². The first-order valence-corrected chi connectivity index (χ1v) is 6.16. The SMILES string of the molecule is CCn1cc(CNCc2ccn(C(F)F)n2)c(C)n1.